The number of halogens is 3. The van der Waals surface area contributed by atoms with Crippen LogP contribution in [0.5, 0.6) is 5.75 Å². The third-order valence-electron chi connectivity index (χ3n) is 2.67. The molecule has 2 rings (SSSR count). The van der Waals surface area contributed by atoms with E-state index in [0.717, 1.165) is 4.90 Å². The maximum Gasteiger partial charge on any atom is 0.422 e. The molecule has 0 saturated heterocycles. The first-order valence-electron chi connectivity index (χ1n) is 5.84. The largest absolute Gasteiger partial charge is 0.477 e. The number of carbonyl (C=O) groups is 2. The quantitative estimate of drug-likeness (QED) is 0.896. The second-order valence-corrected chi connectivity index (χ2v) is 4.26. The molecule has 1 aliphatic rings. The number of para-hydroxylation sites is 2. The van der Waals surface area contributed by atoms with Crippen LogP contribution in [-0.4, -0.2) is 37.4 Å². The van der Waals surface area contributed by atoms with Crippen molar-refractivity contribution in [2.75, 3.05) is 18.1 Å². The van der Waals surface area contributed by atoms with Gasteiger partial charge in [0.15, 0.2) is 12.7 Å². The lowest BCUT2D eigenvalue weighted by molar-refractivity contribution is -0.159. The van der Waals surface area contributed by atoms with Crippen molar-refractivity contribution in [1.29, 1.82) is 0 Å². The van der Waals surface area contributed by atoms with E-state index in [4.69, 9.17) is 10.5 Å². The Labute approximate surface area is 117 Å². The Morgan fingerprint density at radius 1 is 1.38 bits per heavy atom. The van der Waals surface area contributed by atoms with Gasteiger partial charge in [0.2, 0.25) is 0 Å². The van der Waals surface area contributed by atoms with Crippen molar-refractivity contribution < 1.29 is 32.2 Å². The molecule has 2 amide bonds. The van der Waals surface area contributed by atoms with E-state index < -0.39 is 30.9 Å². The number of hydrogen-bond donors (Lipinski definition) is 1. The molecule has 1 unspecified atom stereocenters. The predicted molar refractivity (Wildman–Crippen MR) is 64.8 cm³/mol. The summed E-state index contributed by atoms with van der Waals surface area (Å²) in [5, 5.41) is 0. The molecular formula is C12H11F3N2O4. The number of rotatable bonds is 2. The summed E-state index contributed by atoms with van der Waals surface area (Å²) in [6.45, 7) is -2.03. The van der Waals surface area contributed by atoms with Crippen LogP contribution in [0.15, 0.2) is 24.3 Å². The van der Waals surface area contributed by atoms with E-state index in [9.17, 15) is 22.8 Å². The van der Waals surface area contributed by atoms with Crippen molar-refractivity contribution in [2.24, 2.45) is 5.73 Å². The molecule has 0 aromatic heterocycles. The molecule has 1 aromatic rings. The van der Waals surface area contributed by atoms with Crippen molar-refractivity contribution in [3.05, 3.63) is 24.3 Å². The molecule has 1 atom stereocenters. The maximum atomic E-state index is 12.1. The van der Waals surface area contributed by atoms with E-state index in [-0.39, 0.29) is 18.0 Å². The van der Waals surface area contributed by atoms with Gasteiger partial charge in [-0.1, -0.05) is 12.1 Å². The van der Waals surface area contributed by atoms with Gasteiger partial charge in [0.25, 0.3) is 5.91 Å². The summed E-state index contributed by atoms with van der Waals surface area (Å²) in [7, 11) is 0. The SMILES string of the molecule is NC(=O)C1CN(C(=O)OCC(F)(F)F)c2ccccc2O1. The van der Waals surface area contributed by atoms with Crippen LogP contribution in [-0.2, 0) is 9.53 Å². The average Bonchev–Trinajstić information content (AvgIpc) is 2.42. The molecule has 1 aliphatic heterocycles. The smallest absolute Gasteiger partial charge is 0.422 e. The molecule has 9 heteroatoms. The molecule has 114 valence electrons. The van der Waals surface area contributed by atoms with Crippen molar-refractivity contribution in [2.45, 2.75) is 12.3 Å². The summed E-state index contributed by atoms with van der Waals surface area (Å²) in [6.07, 6.45) is -7.02. The number of nitrogens with zero attached hydrogens (tertiary/aromatic N) is 1. The summed E-state index contributed by atoms with van der Waals surface area (Å²) in [4.78, 5) is 23.8. The lowest BCUT2D eigenvalue weighted by Gasteiger charge is -2.32. The Hall–Kier alpha value is -2.45. The molecule has 2 N–H and O–H groups in total. The van der Waals surface area contributed by atoms with E-state index >= 15 is 0 Å². The van der Waals surface area contributed by atoms with Gasteiger partial charge in [-0.25, -0.2) is 4.79 Å². The minimum atomic E-state index is -4.63. The number of nitrogens with two attached hydrogens (primary N) is 1. The molecule has 21 heavy (non-hydrogen) atoms. The zero-order valence-electron chi connectivity index (χ0n) is 10.6. The van der Waals surface area contributed by atoms with Crippen LogP contribution in [0.1, 0.15) is 0 Å². The van der Waals surface area contributed by atoms with Crippen LogP contribution in [0, 0.1) is 0 Å². The second kappa shape index (κ2) is 5.51. The summed E-state index contributed by atoms with van der Waals surface area (Å²) in [5.41, 5.74) is 5.32. The number of benzene rings is 1. The van der Waals surface area contributed by atoms with Gasteiger partial charge in [-0.05, 0) is 12.1 Å². The van der Waals surface area contributed by atoms with E-state index in [1.807, 2.05) is 0 Å². The van der Waals surface area contributed by atoms with Gasteiger partial charge in [-0.2, -0.15) is 13.2 Å². The average molecular weight is 304 g/mol. The van der Waals surface area contributed by atoms with Gasteiger partial charge in [0, 0.05) is 0 Å². The first-order valence-corrected chi connectivity index (χ1v) is 5.84. The molecule has 1 aromatic carbocycles. The molecule has 1 heterocycles. The lowest BCUT2D eigenvalue weighted by atomic mass is 10.2. The summed E-state index contributed by atoms with van der Waals surface area (Å²) in [5.74, 6) is -0.672. The highest BCUT2D eigenvalue weighted by Crippen LogP contribution is 2.33. The van der Waals surface area contributed by atoms with Gasteiger partial charge in [0.1, 0.15) is 5.75 Å². The van der Waals surface area contributed by atoms with Crippen LogP contribution in [0.4, 0.5) is 23.7 Å². The van der Waals surface area contributed by atoms with E-state index in [0.29, 0.717) is 0 Å². The van der Waals surface area contributed by atoms with Gasteiger partial charge in [0.05, 0.1) is 12.2 Å². The Morgan fingerprint density at radius 3 is 2.67 bits per heavy atom. The topological polar surface area (TPSA) is 81.9 Å². The number of ether oxygens (including phenoxy) is 2. The normalized spacial score (nSPS) is 17.7. The lowest BCUT2D eigenvalue weighted by Crippen LogP contribution is -2.49. The number of fused-ring (bicyclic) bond motifs is 1. The van der Waals surface area contributed by atoms with Crippen LogP contribution < -0.4 is 15.4 Å². The van der Waals surface area contributed by atoms with Gasteiger partial charge < -0.3 is 15.2 Å². The first-order chi connectivity index (χ1) is 9.78. The molecule has 0 saturated carbocycles. The monoisotopic (exact) mass is 304 g/mol. The highest BCUT2D eigenvalue weighted by molar-refractivity contribution is 5.93. The second-order valence-electron chi connectivity index (χ2n) is 4.26. The van der Waals surface area contributed by atoms with E-state index in [2.05, 4.69) is 4.74 Å². The number of alkyl halides is 3. The number of hydrogen-bond acceptors (Lipinski definition) is 4. The van der Waals surface area contributed by atoms with Gasteiger partial charge in [-0.15, -0.1) is 0 Å². The maximum absolute atomic E-state index is 12.1. The fourth-order valence-corrected chi connectivity index (χ4v) is 1.78. The Kier molecular flexibility index (Phi) is 3.92. The first kappa shape index (κ1) is 14.9. The molecular weight excluding hydrogens is 293 g/mol. The number of amides is 2. The zero-order chi connectivity index (χ0) is 15.6. The number of anilines is 1. The van der Waals surface area contributed by atoms with Crippen LogP contribution >= 0.6 is 0 Å². The Balaban J connectivity index is 2.21. The van der Waals surface area contributed by atoms with Crippen LogP contribution in [0.25, 0.3) is 0 Å². The molecule has 0 spiro atoms. The number of carbonyl (C=O) groups excluding carboxylic acids is 2. The third-order valence-corrected chi connectivity index (χ3v) is 2.67. The Morgan fingerprint density at radius 2 is 2.05 bits per heavy atom. The highest BCUT2D eigenvalue weighted by Gasteiger charge is 2.36. The minimum absolute atomic E-state index is 0.163. The molecule has 0 bridgehead atoms. The molecule has 0 radical (unpaired) electrons. The molecule has 0 fully saturated rings. The third kappa shape index (κ3) is 3.56. The minimum Gasteiger partial charge on any atom is -0.477 e. The van der Waals surface area contributed by atoms with Crippen molar-refractivity contribution in [3.63, 3.8) is 0 Å². The summed E-state index contributed by atoms with van der Waals surface area (Å²) >= 11 is 0. The standard InChI is InChI=1S/C12H11F3N2O4/c13-12(14,15)6-20-11(19)17-5-9(10(16)18)21-8-4-2-1-3-7(8)17/h1-4,9H,5-6H2,(H2,16,18). The number of primary amides is 1. The summed E-state index contributed by atoms with van der Waals surface area (Å²) < 4.78 is 45.7. The summed E-state index contributed by atoms with van der Waals surface area (Å²) in [6, 6.07) is 6.08. The van der Waals surface area contributed by atoms with Crippen molar-refractivity contribution in [3.8, 4) is 5.75 Å². The highest BCUT2D eigenvalue weighted by atomic mass is 19.4. The van der Waals surface area contributed by atoms with E-state index in [1.54, 1.807) is 12.1 Å². The van der Waals surface area contributed by atoms with Crippen LogP contribution in [0.3, 0.4) is 0 Å². The molecule has 0 aliphatic carbocycles. The predicted octanol–water partition coefficient (Wildman–Crippen LogP) is 1.44. The van der Waals surface area contributed by atoms with E-state index in [1.165, 1.54) is 12.1 Å². The zero-order valence-corrected chi connectivity index (χ0v) is 10.6. The Bertz CT molecular complexity index is 562. The fraction of sp³-hybridized carbons (Fsp3) is 0.333. The van der Waals surface area contributed by atoms with Crippen molar-refractivity contribution in [1.82, 2.24) is 0 Å². The van der Waals surface area contributed by atoms with Crippen molar-refractivity contribution >= 4 is 17.7 Å². The fourth-order valence-electron chi connectivity index (χ4n) is 1.78. The molecule has 6 nitrogen and oxygen atoms in total. The van der Waals surface area contributed by atoms with Gasteiger partial charge >= 0.3 is 12.3 Å². The van der Waals surface area contributed by atoms with Crippen LogP contribution in [0.2, 0.25) is 0 Å². The van der Waals surface area contributed by atoms with Gasteiger partial charge in [-0.3, -0.25) is 9.69 Å².